The van der Waals surface area contributed by atoms with Crippen molar-refractivity contribution in [3.8, 4) is 0 Å². The second-order valence-electron chi connectivity index (χ2n) is 5.24. The Morgan fingerprint density at radius 2 is 1.83 bits per heavy atom. The van der Waals surface area contributed by atoms with E-state index in [0.29, 0.717) is 12.5 Å². The van der Waals surface area contributed by atoms with Gasteiger partial charge in [-0.15, -0.1) is 0 Å². The molecule has 1 amide bonds. The first-order chi connectivity index (χ1) is 8.84. The smallest absolute Gasteiger partial charge is 0.242 e. The maximum absolute atomic E-state index is 12.2. The third kappa shape index (κ3) is 2.22. The zero-order valence-corrected chi connectivity index (χ0v) is 10.8. The number of likely N-dealkylation sites (tertiary alicyclic amines) is 1. The standard InChI is InChI=1S/C15H20N2O/c18-15(16-9-3-4-10-16)12-17-11-5-7-13-6-1-2-8-14(13)17/h1-2,6,8H,3-5,7,9-12H2. The first-order valence-corrected chi connectivity index (χ1v) is 6.95. The van der Waals surface area contributed by atoms with Crippen LogP contribution in [0.5, 0.6) is 0 Å². The van der Waals surface area contributed by atoms with Crippen molar-refractivity contribution in [2.75, 3.05) is 31.1 Å². The Kier molecular flexibility index (Phi) is 3.22. The van der Waals surface area contributed by atoms with Gasteiger partial charge in [0.25, 0.3) is 0 Å². The highest BCUT2D eigenvalue weighted by Gasteiger charge is 2.23. The summed E-state index contributed by atoms with van der Waals surface area (Å²) in [6.45, 7) is 3.47. The fourth-order valence-corrected chi connectivity index (χ4v) is 3.01. The minimum absolute atomic E-state index is 0.296. The number of nitrogens with zero attached hydrogens (tertiary/aromatic N) is 2. The third-order valence-electron chi connectivity index (χ3n) is 3.99. The number of aryl methyl sites for hydroxylation is 1. The molecule has 96 valence electrons. The van der Waals surface area contributed by atoms with E-state index >= 15 is 0 Å². The normalized spacial score (nSPS) is 18.9. The van der Waals surface area contributed by atoms with Gasteiger partial charge in [-0.25, -0.2) is 0 Å². The molecule has 1 aromatic rings. The molecule has 0 unspecified atom stereocenters. The highest BCUT2D eigenvalue weighted by Crippen LogP contribution is 2.26. The summed E-state index contributed by atoms with van der Waals surface area (Å²) in [7, 11) is 0. The number of fused-ring (bicyclic) bond motifs is 1. The Hall–Kier alpha value is -1.51. The Labute approximate surface area is 108 Å². The molecule has 0 saturated carbocycles. The van der Waals surface area contributed by atoms with Crippen LogP contribution in [0.4, 0.5) is 5.69 Å². The van der Waals surface area contributed by atoms with Crippen LogP contribution >= 0.6 is 0 Å². The largest absolute Gasteiger partial charge is 0.362 e. The fraction of sp³-hybridized carbons (Fsp3) is 0.533. The van der Waals surface area contributed by atoms with E-state index in [0.717, 1.165) is 32.5 Å². The average molecular weight is 244 g/mol. The van der Waals surface area contributed by atoms with Gasteiger partial charge in [-0.2, -0.15) is 0 Å². The summed E-state index contributed by atoms with van der Waals surface area (Å²) in [6, 6.07) is 8.48. The first-order valence-electron chi connectivity index (χ1n) is 6.95. The molecule has 0 N–H and O–H groups in total. The second-order valence-corrected chi connectivity index (χ2v) is 5.24. The van der Waals surface area contributed by atoms with Crippen molar-refractivity contribution in [3.05, 3.63) is 29.8 Å². The van der Waals surface area contributed by atoms with Gasteiger partial charge < -0.3 is 9.80 Å². The number of carbonyl (C=O) groups excluding carboxylic acids is 1. The van der Waals surface area contributed by atoms with Crippen LogP contribution in [0.15, 0.2) is 24.3 Å². The predicted molar refractivity (Wildman–Crippen MR) is 72.8 cm³/mol. The molecule has 1 saturated heterocycles. The molecule has 0 bridgehead atoms. The minimum Gasteiger partial charge on any atom is -0.362 e. The number of hydrogen-bond acceptors (Lipinski definition) is 2. The Bertz CT molecular complexity index is 438. The first kappa shape index (κ1) is 11.6. The lowest BCUT2D eigenvalue weighted by atomic mass is 10.0. The molecule has 1 aromatic carbocycles. The lowest BCUT2D eigenvalue weighted by Crippen LogP contribution is -2.41. The van der Waals surface area contributed by atoms with Gasteiger partial charge >= 0.3 is 0 Å². The minimum atomic E-state index is 0.296. The van der Waals surface area contributed by atoms with Crippen molar-refractivity contribution in [3.63, 3.8) is 0 Å². The average Bonchev–Trinajstić information content (AvgIpc) is 2.93. The number of hydrogen-bond donors (Lipinski definition) is 0. The van der Waals surface area contributed by atoms with Crippen molar-refractivity contribution < 1.29 is 4.79 Å². The quantitative estimate of drug-likeness (QED) is 0.795. The van der Waals surface area contributed by atoms with Gasteiger partial charge in [0.1, 0.15) is 0 Å². The number of amides is 1. The van der Waals surface area contributed by atoms with Gasteiger partial charge in [0.05, 0.1) is 6.54 Å². The van der Waals surface area contributed by atoms with Crippen LogP contribution in [0.1, 0.15) is 24.8 Å². The van der Waals surface area contributed by atoms with E-state index in [1.54, 1.807) is 0 Å². The van der Waals surface area contributed by atoms with Crippen LogP contribution < -0.4 is 4.90 Å². The maximum atomic E-state index is 12.2. The molecule has 0 aliphatic carbocycles. The summed E-state index contributed by atoms with van der Waals surface area (Å²) in [5, 5.41) is 0. The molecular weight excluding hydrogens is 224 g/mol. The molecule has 3 heteroatoms. The van der Waals surface area contributed by atoms with E-state index in [1.807, 2.05) is 4.90 Å². The van der Waals surface area contributed by atoms with Gasteiger partial charge in [0.2, 0.25) is 5.91 Å². The summed E-state index contributed by atoms with van der Waals surface area (Å²) >= 11 is 0. The summed E-state index contributed by atoms with van der Waals surface area (Å²) < 4.78 is 0. The van der Waals surface area contributed by atoms with Gasteiger partial charge in [0, 0.05) is 25.3 Å². The molecule has 18 heavy (non-hydrogen) atoms. The summed E-state index contributed by atoms with van der Waals surface area (Å²) in [5.74, 6) is 0.296. The van der Waals surface area contributed by atoms with E-state index in [2.05, 4.69) is 29.2 Å². The van der Waals surface area contributed by atoms with Gasteiger partial charge in [-0.05, 0) is 37.3 Å². The van der Waals surface area contributed by atoms with E-state index < -0.39 is 0 Å². The third-order valence-corrected chi connectivity index (χ3v) is 3.99. The molecule has 0 radical (unpaired) electrons. The molecule has 3 nitrogen and oxygen atoms in total. The monoisotopic (exact) mass is 244 g/mol. The van der Waals surface area contributed by atoms with Crippen LogP contribution in [-0.4, -0.2) is 37.0 Å². The molecule has 0 atom stereocenters. The number of para-hydroxylation sites is 1. The molecular formula is C15H20N2O. The molecule has 3 rings (SSSR count). The van der Waals surface area contributed by atoms with Gasteiger partial charge in [0.15, 0.2) is 0 Å². The Morgan fingerprint density at radius 3 is 2.67 bits per heavy atom. The van der Waals surface area contributed by atoms with Crippen LogP contribution in [-0.2, 0) is 11.2 Å². The van der Waals surface area contributed by atoms with Gasteiger partial charge in [-0.1, -0.05) is 18.2 Å². The SMILES string of the molecule is O=C(CN1CCCc2ccccc21)N1CCCC1. The van der Waals surface area contributed by atoms with E-state index in [1.165, 1.54) is 24.1 Å². The molecule has 2 heterocycles. The Balaban J connectivity index is 1.72. The summed E-state index contributed by atoms with van der Waals surface area (Å²) in [6.07, 6.45) is 4.64. The maximum Gasteiger partial charge on any atom is 0.242 e. The van der Waals surface area contributed by atoms with Gasteiger partial charge in [-0.3, -0.25) is 4.79 Å². The second kappa shape index (κ2) is 5.01. The summed E-state index contributed by atoms with van der Waals surface area (Å²) in [5.41, 5.74) is 2.65. The number of benzene rings is 1. The number of carbonyl (C=O) groups is 1. The molecule has 2 aliphatic rings. The van der Waals surface area contributed by atoms with Crippen molar-refractivity contribution in [1.29, 1.82) is 0 Å². The van der Waals surface area contributed by atoms with Crippen molar-refractivity contribution in [2.45, 2.75) is 25.7 Å². The Morgan fingerprint density at radius 1 is 1.06 bits per heavy atom. The lowest BCUT2D eigenvalue weighted by molar-refractivity contribution is -0.128. The predicted octanol–water partition coefficient (Wildman–Crippen LogP) is 2.06. The molecule has 2 aliphatic heterocycles. The molecule has 1 fully saturated rings. The van der Waals surface area contributed by atoms with Crippen LogP contribution in [0.3, 0.4) is 0 Å². The lowest BCUT2D eigenvalue weighted by Gasteiger charge is -2.32. The van der Waals surface area contributed by atoms with E-state index in [4.69, 9.17) is 0 Å². The van der Waals surface area contributed by atoms with Crippen LogP contribution in [0.25, 0.3) is 0 Å². The van der Waals surface area contributed by atoms with E-state index in [9.17, 15) is 4.79 Å². The van der Waals surface area contributed by atoms with Crippen molar-refractivity contribution in [2.24, 2.45) is 0 Å². The molecule has 0 spiro atoms. The topological polar surface area (TPSA) is 23.6 Å². The summed E-state index contributed by atoms with van der Waals surface area (Å²) in [4.78, 5) is 16.5. The highest BCUT2D eigenvalue weighted by molar-refractivity contribution is 5.82. The van der Waals surface area contributed by atoms with Crippen LogP contribution in [0.2, 0.25) is 0 Å². The zero-order chi connectivity index (χ0) is 12.4. The van der Waals surface area contributed by atoms with Crippen molar-refractivity contribution >= 4 is 11.6 Å². The van der Waals surface area contributed by atoms with Crippen LogP contribution in [0, 0.1) is 0 Å². The highest BCUT2D eigenvalue weighted by atomic mass is 16.2. The van der Waals surface area contributed by atoms with E-state index in [-0.39, 0.29) is 0 Å². The number of anilines is 1. The fourth-order valence-electron chi connectivity index (χ4n) is 3.01. The number of rotatable bonds is 2. The molecule has 0 aromatic heterocycles. The zero-order valence-electron chi connectivity index (χ0n) is 10.8. The van der Waals surface area contributed by atoms with Crippen molar-refractivity contribution in [1.82, 2.24) is 4.90 Å².